The van der Waals surface area contributed by atoms with E-state index in [0.717, 1.165) is 15.4 Å². The molecule has 1 atom stereocenters. The second-order valence-electron chi connectivity index (χ2n) is 10.6. The maximum Gasteiger partial charge on any atom is 0.264 e. The SMILES string of the molecule is Cc1cccc(N(CC(=O)N(Cc2ccccc2Cl)[C@H](C)C(=O)NC(C)(C)C)S(=O)(=O)c2ccccc2)c1C. The van der Waals surface area contributed by atoms with E-state index in [9.17, 15) is 18.0 Å². The van der Waals surface area contributed by atoms with Crippen LogP contribution in [0, 0.1) is 13.8 Å². The fourth-order valence-electron chi connectivity index (χ4n) is 4.11. The molecule has 3 aromatic rings. The van der Waals surface area contributed by atoms with Gasteiger partial charge in [-0.2, -0.15) is 0 Å². The molecule has 0 aliphatic heterocycles. The molecular formula is C30H36ClN3O4S. The second kappa shape index (κ2) is 12.2. The molecule has 0 aliphatic carbocycles. The number of amides is 2. The molecule has 0 radical (unpaired) electrons. The molecule has 0 unspecified atom stereocenters. The van der Waals surface area contributed by atoms with E-state index < -0.39 is 34.1 Å². The number of carbonyl (C=O) groups is 2. The number of carbonyl (C=O) groups excluding carboxylic acids is 2. The third-order valence-corrected chi connectivity index (χ3v) is 8.56. The Morgan fingerprint density at radius 2 is 1.54 bits per heavy atom. The van der Waals surface area contributed by atoms with Crippen molar-refractivity contribution in [2.75, 3.05) is 10.8 Å². The second-order valence-corrected chi connectivity index (χ2v) is 12.8. The summed E-state index contributed by atoms with van der Waals surface area (Å²) < 4.78 is 29.0. The van der Waals surface area contributed by atoms with Crippen LogP contribution in [0.1, 0.15) is 44.4 Å². The van der Waals surface area contributed by atoms with Crippen molar-refractivity contribution in [1.82, 2.24) is 10.2 Å². The summed E-state index contributed by atoms with van der Waals surface area (Å²) in [6.07, 6.45) is 0. The Hall–Kier alpha value is -3.36. The topological polar surface area (TPSA) is 86.8 Å². The van der Waals surface area contributed by atoms with Gasteiger partial charge in [-0.15, -0.1) is 0 Å². The van der Waals surface area contributed by atoms with Crippen molar-refractivity contribution in [2.45, 2.75) is 64.6 Å². The number of anilines is 1. The van der Waals surface area contributed by atoms with Crippen LogP contribution in [0.4, 0.5) is 5.69 Å². The normalized spacial score (nSPS) is 12.5. The van der Waals surface area contributed by atoms with E-state index >= 15 is 0 Å². The van der Waals surface area contributed by atoms with Gasteiger partial charge in [-0.05, 0) is 82.5 Å². The van der Waals surface area contributed by atoms with Gasteiger partial charge < -0.3 is 10.2 Å². The van der Waals surface area contributed by atoms with Gasteiger partial charge in [-0.1, -0.05) is 60.1 Å². The quantitative estimate of drug-likeness (QED) is 0.369. The van der Waals surface area contributed by atoms with E-state index in [4.69, 9.17) is 11.6 Å². The maximum absolute atomic E-state index is 14.0. The third-order valence-electron chi connectivity index (χ3n) is 6.42. The van der Waals surface area contributed by atoms with Crippen LogP contribution in [0.25, 0.3) is 0 Å². The van der Waals surface area contributed by atoms with Crippen molar-refractivity contribution < 1.29 is 18.0 Å². The highest BCUT2D eigenvalue weighted by atomic mass is 35.5. The van der Waals surface area contributed by atoms with Crippen LogP contribution in [0.3, 0.4) is 0 Å². The van der Waals surface area contributed by atoms with E-state index in [2.05, 4.69) is 5.32 Å². The summed E-state index contributed by atoms with van der Waals surface area (Å²) in [6, 6.07) is 19.5. The van der Waals surface area contributed by atoms with Crippen molar-refractivity contribution >= 4 is 39.1 Å². The minimum absolute atomic E-state index is 0.0310. The van der Waals surface area contributed by atoms with Crippen molar-refractivity contribution in [3.05, 3.63) is 94.5 Å². The molecule has 0 heterocycles. The summed E-state index contributed by atoms with van der Waals surface area (Å²) in [6.45, 7) is 10.4. The largest absolute Gasteiger partial charge is 0.350 e. The van der Waals surface area contributed by atoms with Crippen molar-refractivity contribution in [1.29, 1.82) is 0 Å². The van der Waals surface area contributed by atoms with Crippen molar-refractivity contribution in [3.63, 3.8) is 0 Å². The number of sulfonamides is 1. The first-order chi connectivity index (χ1) is 18.2. The molecule has 3 aromatic carbocycles. The zero-order valence-electron chi connectivity index (χ0n) is 23.2. The Morgan fingerprint density at radius 1 is 0.923 bits per heavy atom. The molecule has 208 valence electrons. The average molecular weight is 570 g/mol. The third kappa shape index (κ3) is 7.40. The minimum atomic E-state index is -4.12. The fraction of sp³-hybridized carbons (Fsp3) is 0.333. The molecule has 3 rings (SSSR count). The lowest BCUT2D eigenvalue weighted by Gasteiger charge is -2.34. The molecule has 0 aromatic heterocycles. The molecule has 0 spiro atoms. The summed E-state index contributed by atoms with van der Waals surface area (Å²) in [5, 5.41) is 3.36. The summed E-state index contributed by atoms with van der Waals surface area (Å²) in [5.74, 6) is -0.890. The Labute approximate surface area is 236 Å². The average Bonchev–Trinajstić information content (AvgIpc) is 2.87. The molecule has 0 saturated carbocycles. The Kier molecular flexibility index (Phi) is 9.46. The lowest BCUT2D eigenvalue weighted by atomic mass is 10.1. The summed E-state index contributed by atoms with van der Waals surface area (Å²) in [5.41, 5.74) is 2.15. The van der Waals surface area contributed by atoms with E-state index in [-0.39, 0.29) is 17.3 Å². The summed E-state index contributed by atoms with van der Waals surface area (Å²) >= 11 is 6.41. The molecular weight excluding hydrogens is 534 g/mol. The standard InChI is InChI=1S/C30H36ClN3O4S/c1-21-13-12-18-27(22(21)2)34(39(37,38)25-15-8-7-9-16-25)20-28(35)33(19-24-14-10-11-17-26(24)31)23(3)29(36)32-30(4,5)6/h7-18,23H,19-20H2,1-6H3,(H,32,36)/t23-/m1/s1. The van der Waals surface area contributed by atoms with Crippen LogP contribution in [0.15, 0.2) is 77.7 Å². The lowest BCUT2D eigenvalue weighted by molar-refractivity contribution is -0.140. The highest BCUT2D eigenvalue weighted by molar-refractivity contribution is 7.92. The van der Waals surface area contributed by atoms with Gasteiger partial charge in [0.25, 0.3) is 10.0 Å². The van der Waals surface area contributed by atoms with Gasteiger partial charge in [0.2, 0.25) is 11.8 Å². The molecule has 1 N–H and O–H groups in total. The van der Waals surface area contributed by atoms with Gasteiger partial charge in [0, 0.05) is 17.1 Å². The number of hydrogen-bond acceptors (Lipinski definition) is 4. The Morgan fingerprint density at radius 3 is 2.15 bits per heavy atom. The van der Waals surface area contributed by atoms with Crippen LogP contribution in [-0.2, 0) is 26.2 Å². The number of aryl methyl sites for hydroxylation is 1. The smallest absolute Gasteiger partial charge is 0.264 e. The molecule has 7 nitrogen and oxygen atoms in total. The zero-order valence-corrected chi connectivity index (χ0v) is 24.8. The van der Waals surface area contributed by atoms with Gasteiger partial charge in [-0.3, -0.25) is 13.9 Å². The lowest BCUT2D eigenvalue weighted by Crippen LogP contribution is -2.54. The number of hydrogen-bond donors (Lipinski definition) is 1. The Bertz CT molecular complexity index is 1440. The van der Waals surface area contributed by atoms with Crippen LogP contribution in [0.2, 0.25) is 5.02 Å². The number of rotatable bonds is 9. The summed E-state index contributed by atoms with van der Waals surface area (Å²) in [4.78, 5) is 28.6. The number of halogens is 1. The van der Waals surface area contributed by atoms with Gasteiger partial charge in [0.1, 0.15) is 12.6 Å². The number of nitrogens with one attached hydrogen (secondary N) is 1. The van der Waals surface area contributed by atoms with Crippen molar-refractivity contribution in [3.8, 4) is 0 Å². The van der Waals surface area contributed by atoms with Crippen molar-refractivity contribution in [2.24, 2.45) is 0 Å². The first-order valence-corrected chi connectivity index (χ1v) is 14.5. The van der Waals surface area contributed by atoms with Crippen LogP contribution in [0.5, 0.6) is 0 Å². The molecule has 0 bridgehead atoms. The monoisotopic (exact) mass is 569 g/mol. The van der Waals surface area contributed by atoms with Crippen LogP contribution >= 0.6 is 11.6 Å². The van der Waals surface area contributed by atoms with E-state index in [1.54, 1.807) is 61.5 Å². The van der Waals surface area contributed by atoms with Crippen LogP contribution < -0.4 is 9.62 Å². The Balaban J connectivity index is 2.08. The van der Waals surface area contributed by atoms with E-state index in [1.165, 1.54) is 17.0 Å². The summed E-state index contributed by atoms with van der Waals surface area (Å²) in [7, 11) is -4.12. The number of benzene rings is 3. The van der Waals surface area contributed by atoms with E-state index in [0.29, 0.717) is 16.3 Å². The highest BCUT2D eigenvalue weighted by Crippen LogP contribution is 2.29. The molecule has 0 saturated heterocycles. The van der Waals surface area contributed by atoms with Crippen LogP contribution in [-0.4, -0.2) is 43.3 Å². The highest BCUT2D eigenvalue weighted by Gasteiger charge is 2.34. The maximum atomic E-state index is 14.0. The molecule has 2 amide bonds. The minimum Gasteiger partial charge on any atom is -0.350 e. The first kappa shape index (κ1) is 30.2. The predicted octanol–water partition coefficient (Wildman–Crippen LogP) is 5.48. The van der Waals surface area contributed by atoms with E-state index in [1.807, 2.05) is 40.7 Å². The predicted molar refractivity (Wildman–Crippen MR) is 156 cm³/mol. The molecule has 9 heteroatoms. The molecule has 0 fully saturated rings. The van der Waals surface area contributed by atoms with Gasteiger partial charge in [0.05, 0.1) is 10.6 Å². The molecule has 39 heavy (non-hydrogen) atoms. The first-order valence-electron chi connectivity index (χ1n) is 12.7. The molecule has 0 aliphatic rings. The van der Waals surface area contributed by atoms with Gasteiger partial charge in [0.15, 0.2) is 0 Å². The number of nitrogens with zero attached hydrogens (tertiary/aromatic N) is 2. The van der Waals surface area contributed by atoms with Gasteiger partial charge in [-0.25, -0.2) is 8.42 Å². The fourth-order valence-corrected chi connectivity index (χ4v) is 5.79. The zero-order chi connectivity index (χ0) is 29.0. The van der Waals surface area contributed by atoms with Gasteiger partial charge >= 0.3 is 0 Å².